The Kier molecular flexibility index (Phi) is 8.02. The first-order chi connectivity index (χ1) is 20.9. The summed E-state index contributed by atoms with van der Waals surface area (Å²) in [7, 11) is 1.66. The van der Waals surface area contributed by atoms with Gasteiger partial charge < -0.3 is 19.5 Å². The van der Waals surface area contributed by atoms with E-state index >= 15 is 0 Å². The molecule has 0 saturated carbocycles. The number of carbonyl (C=O) groups is 2. The Morgan fingerprint density at radius 1 is 0.977 bits per heavy atom. The fourth-order valence-electron chi connectivity index (χ4n) is 5.44. The lowest BCUT2D eigenvalue weighted by atomic mass is 9.98. The maximum Gasteiger partial charge on any atom is 0.407 e. The number of hydrogen-bond donors (Lipinski definition) is 1. The van der Waals surface area contributed by atoms with E-state index in [1.165, 1.54) is 0 Å². The summed E-state index contributed by atoms with van der Waals surface area (Å²) in [6.45, 7) is 3.82. The van der Waals surface area contributed by atoms with E-state index in [2.05, 4.69) is 39.6 Å². The summed E-state index contributed by atoms with van der Waals surface area (Å²) in [5, 5.41) is 2.49. The van der Waals surface area contributed by atoms with Gasteiger partial charge in [0.2, 0.25) is 0 Å². The highest BCUT2D eigenvalue weighted by atomic mass is 32.2. The van der Waals surface area contributed by atoms with Crippen LogP contribution >= 0.6 is 11.9 Å². The maximum atomic E-state index is 12.5. The fraction of sp³-hybridized carbons (Fsp3) is 0.212. The molecule has 218 valence electrons. The minimum atomic E-state index is -0.680. The first kappa shape index (κ1) is 28.3. The summed E-state index contributed by atoms with van der Waals surface area (Å²) < 4.78 is 18.4. The Balaban J connectivity index is 1.01. The number of nitrogens with one attached hydrogen (secondary N) is 1. The van der Waals surface area contributed by atoms with Gasteiger partial charge in [-0.1, -0.05) is 48.5 Å². The molecule has 0 spiro atoms. The predicted octanol–water partition coefficient (Wildman–Crippen LogP) is 6.20. The molecule has 1 aliphatic rings. The van der Waals surface area contributed by atoms with Crippen LogP contribution in [0.15, 0.2) is 79.3 Å². The largest absolute Gasteiger partial charge is 0.496 e. The van der Waals surface area contributed by atoms with Crippen molar-refractivity contribution in [1.82, 2.24) is 19.3 Å². The van der Waals surface area contributed by atoms with Crippen LogP contribution in [0.25, 0.3) is 22.2 Å². The number of benzene rings is 3. The lowest BCUT2D eigenvalue weighted by Gasteiger charge is -2.14. The van der Waals surface area contributed by atoms with Gasteiger partial charge in [0.05, 0.1) is 29.6 Å². The Morgan fingerprint density at radius 2 is 1.70 bits per heavy atom. The molecule has 0 aliphatic heterocycles. The van der Waals surface area contributed by atoms with E-state index in [4.69, 9.17) is 14.2 Å². The molecule has 9 nitrogen and oxygen atoms in total. The number of ether oxygens (including phenoxy) is 3. The summed E-state index contributed by atoms with van der Waals surface area (Å²) in [6, 6.07) is 21.5. The zero-order valence-corrected chi connectivity index (χ0v) is 24.8. The van der Waals surface area contributed by atoms with Gasteiger partial charge in [-0.25, -0.2) is 14.6 Å². The highest BCUT2D eigenvalue weighted by Gasteiger charge is 2.29. The molecule has 1 amide bonds. The van der Waals surface area contributed by atoms with Crippen molar-refractivity contribution in [3.05, 3.63) is 107 Å². The number of fused-ring (bicyclic) bond motifs is 4. The van der Waals surface area contributed by atoms with Crippen LogP contribution in [0.4, 0.5) is 4.79 Å². The van der Waals surface area contributed by atoms with Gasteiger partial charge in [-0.3, -0.25) is 8.96 Å². The zero-order valence-electron chi connectivity index (χ0n) is 24.0. The topological polar surface area (TPSA) is 105 Å². The number of aromatic nitrogens is 3. The quantitative estimate of drug-likeness (QED) is 0.159. The summed E-state index contributed by atoms with van der Waals surface area (Å²) in [4.78, 5) is 33.9. The van der Waals surface area contributed by atoms with Gasteiger partial charge in [0.1, 0.15) is 31.0 Å². The van der Waals surface area contributed by atoms with Crippen LogP contribution in [0.3, 0.4) is 0 Å². The molecule has 0 bridgehead atoms. The van der Waals surface area contributed by atoms with Crippen molar-refractivity contribution in [2.24, 2.45) is 0 Å². The van der Waals surface area contributed by atoms with E-state index in [9.17, 15) is 9.59 Å². The summed E-state index contributed by atoms with van der Waals surface area (Å²) in [5.74, 6) is 1.14. The number of alkyl carbamates (subject to hydrolysis) is 1. The number of hydrogen-bond acceptors (Lipinski definition) is 8. The van der Waals surface area contributed by atoms with E-state index in [-0.39, 0.29) is 19.1 Å². The number of pyridine rings is 1. The van der Waals surface area contributed by atoms with Gasteiger partial charge in [0.15, 0.2) is 0 Å². The first-order valence-electron chi connectivity index (χ1n) is 13.8. The molecular weight excluding hydrogens is 564 g/mol. The van der Waals surface area contributed by atoms with Crippen LogP contribution in [0.1, 0.15) is 33.9 Å². The van der Waals surface area contributed by atoms with Crippen LogP contribution in [0.5, 0.6) is 11.5 Å². The number of rotatable bonds is 9. The standard InChI is InChI=1S/C33H30N4O5S/c1-20-15-34-29(21(2)32(20)40-3)18-43-37-19-36-28-14-22(12-13-30(28)37)42-31(38)16-35-33(39)41-17-27-25-10-6-4-8-23(25)24-9-5-7-11-26(24)27/h4-15,19,27H,16-18H2,1-3H3,(H,35,39). The molecule has 43 heavy (non-hydrogen) atoms. The van der Waals surface area contributed by atoms with Gasteiger partial charge in [0.25, 0.3) is 0 Å². The fourth-order valence-corrected chi connectivity index (χ4v) is 6.40. The smallest absolute Gasteiger partial charge is 0.407 e. The average molecular weight is 595 g/mol. The van der Waals surface area contributed by atoms with E-state index < -0.39 is 12.1 Å². The molecule has 0 saturated heterocycles. The molecule has 1 N–H and O–H groups in total. The Hall–Kier alpha value is -4.83. The van der Waals surface area contributed by atoms with Gasteiger partial charge >= 0.3 is 12.1 Å². The highest BCUT2D eigenvalue weighted by molar-refractivity contribution is 7.97. The summed E-state index contributed by atoms with van der Waals surface area (Å²) in [6.07, 6.45) is 2.86. The lowest BCUT2D eigenvalue weighted by molar-refractivity contribution is -0.133. The van der Waals surface area contributed by atoms with E-state index in [0.29, 0.717) is 17.0 Å². The minimum absolute atomic E-state index is 0.0604. The average Bonchev–Trinajstić information content (AvgIpc) is 3.57. The van der Waals surface area contributed by atoms with Gasteiger partial charge in [-0.15, -0.1) is 0 Å². The molecule has 0 atom stereocenters. The second kappa shape index (κ2) is 12.2. The number of imidazole rings is 1. The van der Waals surface area contributed by atoms with Crippen molar-refractivity contribution < 1.29 is 23.8 Å². The van der Waals surface area contributed by atoms with Gasteiger partial charge in [0, 0.05) is 29.3 Å². The van der Waals surface area contributed by atoms with Crippen molar-refractivity contribution >= 4 is 35.0 Å². The van der Waals surface area contributed by atoms with Crippen molar-refractivity contribution in [2.45, 2.75) is 25.5 Å². The van der Waals surface area contributed by atoms with Gasteiger partial charge in [-0.2, -0.15) is 0 Å². The monoisotopic (exact) mass is 594 g/mol. The Bertz CT molecular complexity index is 1790. The summed E-state index contributed by atoms with van der Waals surface area (Å²) >= 11 is 1.55. The molecular formula is C33H30N4O5S. The molecule has 0 radical (unpaired) electrons. The molecule has 0 unspecified atom stereocenters. The van der Waals surface area contributed by atoms with Crippen LogP contribution in [-0.2, 0) is 15.3 Å². The van der Waals surface area contributed by atoms with Crippen molar-refractivity contribution in [2.75, 3.05) is 20.3 Å². The first-order valence-corrected chi connectivity index (χ1v) is 14.8. The molecule has 2 heterocycles. The molecule has 1 aliphatic carbocycles. The molecule has 5 aromatic rings. The second-order valence-electron chi connectivity index (χ2n) is 10.2. The third-order valence-electron chi connectivity index (χ3n) is 7.53. The van der Waals surface area contributed by atoms with Crippen LogP contribution in [-0.4, -0.2) is 46.3 Å². The van der Waals surface area contributed by atoms with Crippen molar-refractivity contribution in [3.8, 4) is 22.6 Å². The highest BCUT2D eigenvalue weighted by Crippen LogP contribution is 2.44. The molecule has 10 heteroatoms. The number of aryl methyl sites for hydroxylation is 1. The van der Waals surface area contributed by atoms with Gasteiger partial charge in [-0.05, 0) is 60.2 Å². The normalized spacial score (nSPS) is 12.1. The van der Waals surface area contributed by atoms with Crippen molar-refractivity contribution in [3.63, 3.8) is 0 Å². The summed E-state index contributed by atoms with van der Waals surface area (Å²) in [5.41, 5.74) is 9.03. The number of methoxy groups -OCH3 is 1. The van der Waals surface area contributed by atoms with Crippen LogP contribution in [0, 0.1) is 13.8 Å². The minimum Gasteiger partial charge on any atom is -0.496 e. The Labute approximate surface area is 253 Å². The number of esters is 1. The molecule has 3 aromatic carbocycles. The van der Waals surface area contributed by atoms with Crippen LogP contribution in [0.2, 0.25) is 0 Å². The Morgan fingerprint density at radius 3 is 2.42 bits per heavy atom. The molecule has 6 rings (SSSR count). The number of carbonyl (C=O) groups excluding carboxylic acids is 2. The zero-order chi connectivity index (χ0) is 29.9. The lowest BCUT2D eigenvalue weighted by Crippen LogP contribution is -2.33. The predicted molar refractivity (Wildman–Crippen MR) is 165 cm³/mol. The second-order valence-corrected chi connectivity index (χ2v) is 11.1. The third-order valence-corrected chi connectivity index (χ3v) is 8.50. The maximum absolute atomic E-state index is 12.5. The van der Waals surface area contributed by atoms with Crippen LogP contribution < -0.4 is 14.8 Å². The SMILES string of the molecule is COc1c(C)cnc(CSn2cnc3cc(OC(=O)CNC(=O)OCC4c5ccccc5-c5ccccc54)ccc32)c1C. The van der Waals surface area contributed by atoms with E-state index in [1.807, 2.05) is 54.3 Å². The van der Waals surface area contributed by atoms with E-state index in [0.717, 1.165) is 50.3 Å². The molecule has 2 aromatic heterocycles. The number of nitrogens with zero attached hydrogens (tertiary/aromatic N) is 3. The molecule has 0 fully saturated rings. The van der Waals surface area contributed by atoms with Crippen molar-refractivity contribution in [1.29, 1.82) is 0 Å². The third kappa shape index (κ3) is 5.78. The number of amides is 1. The van der Waals surface area contributed by atoms with E-state index in [1.54, 1.807) is 37.5 Å².